The summed E-state index contributed by atoms with van der Waals surface area (Å²) in [6.07, 6.45) is 0. The van der Waals surface area contributed by atoms with Gasteiger partial charge < -0.3 is 5.11 Å². The summed E-state index contributed by atoms with van der Waals surface area (Å²) in [5.74, 6) is 0.733. The quantitative estimate of drug-likeness (QED) is 0.820. The summed E-state index contributed by atoms with van der Waals surface area (Å²) >= 11 is 13.8. The average molecular weight is 299 g/mol. The number of thioether (sulfide) groups is 1. The zero-order chi connectivity index (χ0) is 13.0. The van der Waals surface area contributed by atoms with E-state index < -0.39 is 0 Å². The Morgan fingerprint density at radius 2 is 1.56 bits per heavy atom. The van der Waals surface area contributed by atoms with Crippen LogP contribution in [0.3, 0.4) is 0 Å². The van der Waals surface area contributed by atoms with E-state index in [9.17, 15) is 5.11 Å². The lowest BCUT2D eigenvalue weighted by Gasteiger charge is -2.09. The first-order valence-corrected chi connectivity index (χ1v) is 7.21. The van der Waals surface area contributed by atoms with Gasteiger partial charge in [0, 0.05) is 15.7 Å². The lowest BCUT2D eigenvalue weighted by atomic mass is 10.2. The van der Waals surface area contributed by atoms with E-state index in [0.717, 1.165) is 26.8 Å². The summed E-state index contributed by atoms with van der Waals surface area (Å²) in [4.78, 5) is 0.918. The third-order valence-electron chi connectivity index (χ3n) is 2.55. The molecule has 94 valence electrons. The molecule has 0 amide bonds. The Hall–Kier alpha value is -0.670. The number of hydrogen-bond acceptors (Lipinski definition) is 2. The third-order valence-corrected chi connectivity index (χ3v) is 4.57. The van der Waals surface area contributed by atoms with Crippen molar-refractivity contribution in [3.8, 4) is 0 Å². The number of hydrogen-bond donors (Lipinski definition) is 1. The number of halogens is 2. The van der Waals surface area contributed by atoms with Gasteiger partial charge in [-0.05, 0) is 23.3 Å². The molecule has 4 heteroatoms. The molecule has 0 saturated carbocycles. The van der Waals surface area contributed by atoms with Crippen LogP contribution in [0.15, 0.2) is 47.4 Å². The molecule has 0 aromatic heterocycles. The molecule has 18 heavy (non-hydrogen) atoms. The number of rotatable bonds is 4. The van der Waals surface area contributed by atoms with Gasteiger partial charge in [-0.1, -0.05) is 53.5 Å². The van der Waals surface area contributed by atoms with Gasteiger partial charge >= 0.3 is 0 Å². The van der Waals surface area contributed by atoms with Crippen LogP contribution < -0.4 is 0 Å². The monoisotopic (exact) mass is 298 g/mol. The van der Waals surface area contributed by atoms with Crippen molar-refractivity contribution in [2.45, 2.75) is 17.3 Å². The molecule has 1 N–H and O–H groups in total. The van der Waals surface area contributed by atoms with Crippen molar-refractivity contribution >= 4 is 35.0 Å². The predicted molar refractivity (Wildman–Crippen MR) is 78.4 cm³/mol. The highest BCUT2D eigenvalue weighted by atomic mass is 35.5. The minimum Gasteiger partial charge on any atom is -0.392 e. The fourth-order valence-corrected chi connectivity index (χ4v) is 3.32. The van der Waals surface area contributed by atoms with Crippen LogP contribution in [-0.2, 0) is 12.4 Å². The van der Waals surface area contributed by atoms with Gasteiger partial charge in [-0.15, -0.1) is 11.8 Å². The number of benzene rings is 2. The Morgan fingerprint density at radius 3 is 2.28 bits per heavy atom. The highest BCUT2D eigenvalue weighted by Gasteiger charge is 2.08. The van der Waals surface area contributed by atoms with E-state index in [2.05, 4.69) is 0 Å². The Bertz CT molecular complexity index is 543. The number of aliphatic hydroxyl groups is 1. The Kier molecular flexibility index (Phi) is 4.95. The lowest BCUT2D eigenvalue weighted by molar-refractivity contribution is 0.279. The molecule has 2 aromatic rings. The van der Waals surface area contributed by atoms with Crippen molar-refractivity contribution in [2.24, 2.45) is 0 Å². The van der Waals surface area contributed by atoms with Crippen molar-refractivity contribution < 1.29 is 5.11 Å². The summed E-state index contributed by atoms with van der Waals surface area (Å²) < 4.78 is 0. The Labute approximate surface area is 121 Å². The van der Waals surface area contributed by atoms with E-state index in [0.29, 0.717) is 5.02 Å². The summed E-state index contributed by atoms with van der Waals surface area (Å²) in [7, 11) is 0. The van der Waals surface area contributed by atoms with Crippen LogP contribution in [0.5, 0.6) is 0 Å². The van der Waals surface area contributed by atoms with Gasteiger partial charge in [-0.25, -0.2) is 0 Å². The van der Waals surface area contributed by atoms with Crippen LogP contribution in [-0.4, -0.2) is 5.11 Å². The predicted octanol–water partition coefficient (Wildman–Crippen LogP) is 4.78. The van der Waals surface area contributed by atoms with Gasteiger partial charge in [-0.2, -0.15) is 0 Å². The van der Waals surface area contributed by atoms with E-state index in [4.69, 9.17) is 23.2 Å². The molecule has 0 bridgehead atoms. The van der Waals surface area contributed by atoms with Gasteiger partial charge in [0.15, 0.2) is 0 Å². The normalized spacial score (nSPS) is 10.6. The molecule has 2 aromatic carbocycles. The first-order valence-electron chi connectivity index (χ1n) is 5.47. The highest BCUT2D eigenvalue weighted by molar-refractivity contribution is 7.98. The largest absolute Gasteiger partial charge is 0.392 e. The van der Waals surface area contributed by atoms with Crippen molar-refractivity contribution in [3.05, 3.63) is 63.6 Å². The maximum Gasteiger partial charge on any atom is 0.0693 e. The van der Waals surface area contributed by atoms with Crippen LogP contribution in [0.2, 0.25) is 10.0 Å². The summed E-state index contributed by atoms with van der Waals surface area (Å²) in [6.45, 7) is -0.00852. The fourth-order valence-electron chi connectivity index (χ4n) is 1.61. The summed E-state index contributed by atoms with van der Waals surface area (Å²) in [5.41, 5.74) is 1.91. The molecule has 0 aliphatic heterocycles. The van der Waals surface area contributed by atoms with E-state index >= 15 is 0 Å². The van der Waals surface area contributed by atoms with Crippen molar-refractivity contribution in [1.29, 1.82) is 0 Å². The van der Waals surface area contributed by atoms with Gasteiger partial charge in [0.25, 0.3) is 0 Å². The summed E-state index contributed by atoms with van der Waals surface area (Å²) in [6, 6.07) is 13.3. The maximum atomic E-state index is 9.30. The molecule has 0 aliphatic carbocycles. The Balaban J connectivity index is 2.18. The second kappa shape index (κ2) is 6.48. The molecule has 0 atom stereocenters. The van der Waals surface area contributed by atoms with Crippen molar-refractivity contribution in [1.82, 2.24) is 0 Å². The first-order chi connectivity index (χ1) is 8.72. The van der Waals surface area contributed by atoms with E-state index in [1.54, 1.807) is 11.8 Å². The summed E-state index contributed by atoms with van der Waals surface area (Å²) in [5, 5.41) is 10.7. The molecule has 0 radical (unpaired) electrons. The SMILES string of the molecule is OCc1cccc(Cl)c1SCc1ccccc1Cl. The highest BCUT2D eigenvalue weighted by Crippen LogP contribution is 2.34. The molecule has 1 nitrogen and oxygen atoms in total. The molecular formula is C14H12Cl2OS. The third kappa shape index (κ3) is 3.21. The molecule has 2 rings (SSSR count). The average Bonchev–Trinajstić information content (AvgIpc) is 2.39. The van der Waals surface area contributed by atoms with E-state index in [1.807, 2.05) is 42.5 Å². The minimum atomic E-state index is -0.00852. The smallest absolute Gasteiger partial charge is 0.0693 e. The topological polar surface area (TPSA) is 20.2 Å². The Morgan fingerprint density at radius 1 is 0.889 bits per heavy atom. The molecule has 0 spiro atoms. The van der Waals surface area contributed by atoms with Crippen molar-refractivity contribution in [2.75, 3.05) is 0 Å². The second-order valence-electron chi connectivity index (χ2n) is 3.77. The zero-order valence-electron chi connectivity index (χ0n) is 9.57. The van der Waals surface area contributed by atoms with Gasteiger partial charge in [0.05, 0.1) is 11.6 Å². The van der Waals surface area contributed by atoms with Crippen LogP contribution in [0.4, 0.5) is 0 Å². The van der Waals surface area contributed by atoms with E-state index in [-0.39, 0.29) is 6.61 Å². The van der Waals surface area contributed by atoms with E-state index in [1.165, 1.54) is 0 Å². The molecular weight excluding hydrogens is 287 g/mol. The molecule has 0 fully saturated rings. The molecule has 0 heterocycles. The lowest BCUT2D eigenvalue weighted by Crippen LogP contribution is -1.90. The van der Waals surface area contributed by atoms with Crippen molar-refractivity contribution in [3.63, 3.8) is 0 Å². The first kappa shape index (κ1) is 13.8. The number of aliphatic hydroxyl groups excluding tert-OH is 1. The molecule has 0 unspecified atom stereocenters. The molecule has 0 saturated heterocycles. The van der Waals surface area contributed by atoms with Crippen LogP contribution in [0, 0.1) is 0 Å². The fraction of sp³-hybridized carbons (Fsp3) is 0.143. The van der Waals surface area contributed by atoms with Crippen LogP contribution in [0.1, 0.15) is 11.1 Å². The standard InChI is InChI=1S/C14H12Cl2OS/c15-12-6-2-1-4-11(12)9-18-14-10(8-17)5-3-7-13(14)16/h1-7,17H,8-9H2. The maximum absolute atomic E-state index is 9.30. The van der Waals surface area contributed by atoms with Gasteiger partial charge in [-0.3, -0.25) is 0 Å². The molecule has 0 aliphatic rings. The zero-order valence-corrected chi connectivity index (χ0v) is 11.9. The van der Waals surface area contributed by atoms with Crippen LogP contribution >= 0.6 is 35.0 Å². The van der Waals surface area contributed by atoms with Crippen LogP contribution in [0.25, 0.3) is 0 Å². The van der Waals surface area contributed by atoms with Gasteiger partial charge in [0.2, 0.25) is 0 Å². The second-order valence-corrected chi connectivity index (χ2v) is 5.57. The minimum absolute atomic E-state index is 0.00852. The van der Waals surface area contributed by atoms with Gasteiger partial charge in [0.1, 0.15) is 0 Å².